The van der Waals surface area contributed by atoms with Crippen LogP contribution in [0.25, 0.3) is 0 Å². The molecule has 2 N–H and O–H groups in total. The van der Waals surface area contributed by atoms with E-state index in [1.807, 2.05) is 0 Å². The summed E-state index contributed by atoms with van der Waals surface area (Å²) in [5.41, 5.74) is 0.903. The molecule has 1 atom stereocenters. The van der Waals surface area contributed by atoms with Crippen LogP contribution >= 0.6 is 0 Å². The molecule has 7 heteroatoms. The van der Waals surface area contributed by atoms with E-state index < -0.39 is 12.1 Å². The zero-order valence-corrected chi connectivity index (χ0v) is 11.5. The topological polar surface area (TPSA) is 95.9 Å². The largest absolute Gasteiger partial charge is 0.464 e. The first kappa shape index (κ1) is 15.0. The van der Waals surface area contributed by atoms with E-state index in [9.17, 15) is 19.5 Å². The zero-order chi connectivity index (χ0) is 15.4. The molecule has 0 aliphatic carbocycles. The third-order valence-electron chi connectivity index (χ3n) is 3.07. The Bertz CT molecular complexity index is 555. The Morgan fingerprint density at radius 1 is 1.38 bits per heavy atom. The van der Waals surface area contributed by atoms with Crippen LogP contribution in [0.1, 0.15) is 18.6 Å². The number of esters is 1. The molecule has 0 aromatic heterocycles. The van der Waals surface area contributed by atoms with Gasteiger partial charge in [-0.15, -0.1) is 0 Å². The van der Waals surface area contributed by atoms with Gasteiger partial charge in [0.1, 0.15) is 6.54 Å². The second kappa shape index (κ2) is 6.36. The summed E-state index contributed by atoms with van der Waals surface area (Å²) in [7, 11) is 0. The van der Waals surface area contributed by atoms with Gasteiger partial charge >= 0.3 is 5.97 Å². The van der Waals surface area contributed by atoms with Crippen molar-refractivity contribution in [3.8, 4) is 0 Å². The van der Waals surface area contributed by atoms with Gasteiger partial charge in [-0.2, -0.15) is 0 Å². The molecule has 0 saturated carbocycles. The molecule has 1 fully saturated rings. The van der Waals surface area contributed by atoms with Crippen LogP contribution in [0.15, 0.2) is 24.3 Å². The van der Waals surface area contributed by atoms with Crippen LogP contribution in [-0.4, -0.2) is 42.6 Å². The Morgan fingerprint density at radius 3 is 2.67 bits per heavy atom. The fourth-order valence-electron chi connectivity index (χ4n) is 1.99. The summed E-state index contributed by atoms with van der Waals surface area (Å²) in [6.45, 7) is 1.76. The van der Waals surface area contributed by atoms with Crippen LogP contribution in [0, 0.1) is 0 Å². The van der Waals surface area contributed by atoms with Crippen LogP contribution in [0.5, 0.6) is 0 Å². The van der Waals surface area contributed by atoms with Crippen molar-refractivity contribution in [3.63, 3.8) is 0 Å². The molecule has 21 heavy (non-hydrogen) atoms. The number of hydrogen-bond acceptors (Lipinski definition) is 5. The number of carbonyl (C=O) groups is 3. The summed E-state index contributed by atoms with van der Waals surface area (Å²) in [4.78, 5) is 35.8. The number of piperazine rings is 1. The van der Waals surface area contributed by atoms with E-state index in [-0.39, 0.29) is 31.5 Å². The molecule has 2 amide bonds. The second-order valence-corrected chi connectivity index (χ2v) is 4.50. The average Bonchev–Trinajstić information content (AvgIpc) is 2.49. The first-order chi connectivity index (χ1) is 10.0. The van der Waals surface area contributed by atoms with Crippen LogP contribution in [-0.2, 0) is 19.1 Å². The number of amides is 2. The standard InChI is InChI=1S/C14H16N2O5/c1-2-21-14(20)13(19)9-3-5-10(6-4-9)16-8-11(17)15-7-12(16)18/h3-6,13,19H,2,7-8H2,1H3,(H,15,17). The third-order valence-corrected chi connectivity index (χ3v) is 3.07. The van der Waals surface area contributed by atoms with E-state index in [0.717, 1.165) is 0 Å². The number of ether oxygens (including phenoxy) is 1. The van der Waals surface area contributed by atoms with Crippen LogP contribution < -0.4 is 10.2 Å². The monoisotopic (exact) mass is 292 g/mol. The Balaban J connectivity index is 2.13. The number of nitrogens with one attached hydrogen (secondary N) is 1. The van der Waals surface area contributed by atoms with Crippen molar-refractivity contribution < 1.29 is 24.2 Å². The molecule has 1 aromatic carbocycles. The Hall–Kier alpha value is -2.41. The molecule has 7 nitrogen and oxygen atoms in total. The minimum atomic E-state index is -1.36. The van der Waals surface area contributed by atoms with E-state index in [1.165, 1.54) is 17.0 Å². The number of rotatable bonds is 4. The van der Waals surface area contributed by atoms with Crippen molar-refractivity contribution in [2.45, 2.75) is 13.0 Å². The lowest BCUT2D eigenvalue weighted by Crippen LogP contribution is -2.51. The van der Waals surface area contributed by atoms with Crippen molar-refractivity contribution in [2.24, 2.45) is 0 Å². The van der Waals surface area contributed by atoms with Gasteiger partial charge in [0.25, 0.3) is 0 Å². The summed E-state index contributed by atoms with van der Waals surface area (Å²) in [6, 6.07) is 6.20. The highest BCUT2D eigenvalue weighted by molar-refractivity contribution is 6.04. The minimum Gasteiger partial charge on any atom is -0.464 e. The number of benzene rings is 1. The minimum absolute atomic E-state index is 0.0357. The molecule has 2 rings (SSSR count). The highest BCUT2D eigenvalue weighted by atomic mass is 16.5. The maximum absolute atomic E-state index is 11.7. The number of aliphatic hydroxyl groups is 1. The van der Waals surface area contributed by atoms with Crippen molar-refractivity contribution in [2.75, 3.05) is 24.6 Å². The first-order valence-electron chi connectivity index (χ1n) is 6.54. The fourth-order valence-corrected chi connectivity index (χ4v) is 1.99. The molecule has 1 aliphatic rings. The van der Waals surface area contributed by atoms with Gasteiger partial charge in [0.15, 0.2) is 6.10 Å². The molecule has 1 heterocycles. The smallest absolute Gasteiger partial charge is 0.339 e. The summed E-state index contributed by atoms with van der Waals surface area (Å²) in [6.07, 6.45) is -1.36. The van der Waals surface area contributed by atoms with Crippen LogP contribution in [0.4, 0.5) is 5.69 Å². The number of nitrogens with zero attached hydrogens (tertiary/aromatic N) is 1. The Morgan fingerprint density at radius 2 is 2.05 bits per heavy atom. The first-order valence-corrected chi connectivity index (χ1v) is 6.54. The third kappa shape index (κ3) is 3.38. The van der Waals surface area contributed by atoms with Crippen LogP contribution in [0.3, 0.4) is 0 Å². The van der Waals surface area contributed by atoms with Crippen molar-refractivity contribution in [3.05, 3.63) is 29.8 Å². The lowest BCUT2D eigenvalue weighted by atomic mass is 10.1. The van der Waals surface area contributed by atoms with Gasteiger partial charge < -0.3 is 20.1 Å². The molecule has 0 spiro atoms. The number of aliphatic hydroxyl groups excluding tert-OH is 1. The van der Waals surface area contributed by atoms with Gasteiger partial charge in [0.05, 0.1) is 13.2 Å². The highest BCUT2D eigenvalue weighted by Crippen LogP contribution is 2.21. The fraction of sp³-hybridized carbons (Fsp3) is 0.357. The molecule has 1 aliphatic heterocycles. The summed E-state index contributed by atoms with van der Waals surface area (Å²) < 4.78 is 4.73. The quantitative estimate of drug-likeness (QED) is 0.746. The van der Waals surface area contributed by atoms with E-state index >= 15 is 0 Å². The van der Waals surface area contributed by atoms with E-state index in [0.29, 0.717) is 11.3 Å². The normalized spacial score (nSPS) is 16.4. The van der Waals surface area contributed by atoms with Gasteiger partial charge in [0, 0.05) is 5.69 Å². The molecular formula is C14H16N2O5. The summed E-state index contributed by atoms with van der Waals surface area (Å²) in [5.74, 6) is -1.17. The highest BCUT2D eigenvalue weighted by Gasteiger charge is 2.25. The molecule has 0 bridgehead atoms. The van der Waals surface area contributed by atoms with Crippen LogP contribution in [0.2, 0.25) is 0 Å². The van der Waals surface area contributed by atoms with Crippen molar-refractivity contribution >= 4 is 23.5 Å². The van der Waals surface area contributed by atoms with Crippen molar-refractivity contribution in [1.82, 2.24) is 5.32 Å². The van der Waals surface area contributed by atoms with E-state index in [2.05, 4.69) is 5.32 Å². The second-order valence-electron chi connectivity index (χ2n) is 4.50. The molecule has 1 saturated heterocycles. The predicted octanol–water partition coefficient (Wildman–Crippen LogP) is -0.254. The maximum Gasteiger partial charge on any atom is 0.339 e. The maximum atomic E-state index is 11.7. The Labute approximate surface area is 121 Å². The summed E-state index contributed by atoms with van der Waals surface area (Å²) >= 11 is 0. The molecule has 1 unspecified atom stereocenters. The SMILES string of the molecule is CCOC(=O)C(O)c1ccc(N2CC(=O)NCC2=O)cc1. The molecule has 0 radical (unpaired) electrons. The van der Waals surface area contributed by atoms with Gasteiger partial charge in [-0.3, -0.25) is 9.59 Å². The number of hydrogen-bond donors (Lipinski definition) is 2. The van der Waals surface area contributed by atoms with E-state index in [4.69, 9.17) is 4.74 Å². The van der Waals surface area contributed by atoms with Gasteiger partial charge in [-0.1, -0.05) is 12.1 Å². The average molecular weight is 292 g/mol. The number of anilines is 1. The zero-order valence-electron chi connectivity index (χ0n) is 11.5. The lowest BCUT2D eigenvalue weighted by molar-refractivity contribution is -0.153. The molecule has 112 valence electrons. The molecular weight excluding hydrogens is 276 g/mol. The van der Waals surface area contributed by atoms with Gasteiger partial charge in [-0.05, 0) is 24.6 Å². The predicted molar refractivity (Wildman–Crippen MR) is 73.4 cm³/mol. The Kier molecular flexibility index (Phi) is 4.54. The van der Waals surface area contributed by atoms with E-state index in [1.54, 1.807) is 19.1 Å². The lowest BCUT2D eigenvalue weighted by Gasteiger charge is -2.26. The molecule has 1 aromatic rings. The van der Waals surface area contributed by atoms with Gasteiger partial charge in [0.2, 0.25) is 11.8 Å². The number of carbonyl (C=O) groups excluding carboxylic acids is 3. The van der Waals surface area contributed by atoms with Crippen molar-refractivity contribution in [1.29, 1.82) is 0 Å². The van der Waals surface area contributed by atoms with Gasteiger partial charge in [-0.25, -0.2) is 4.79 Å². The summed E-state index contributed by atoms with van der Waals surface area (Å²) in [5, 5.41) is 12.3.